The van der Waals surface area contributed by atoms with Gasteiger partial charge in [0.05, 0.1) is 24.3 Å². The summed E-state index contributed by atoms with van der Waals surface area (Å²) in [5.41, 5.74) is -0.454. The van der Waals surface area contributed by atoms with Crippen molar-refractivity contribution in [2.24, 2.45) is 39.9 Å². The second kappa shape index (κ2) is 7.18. The Labute approximate surface area is 212 Å². The Kier molecular flexibility index (Phi) is 4.80. The summed E-state index contributed by atoms with van der Waals surface area (Å²) in [6, 6.07) is 0. The molecule has 1 N–H and O–H groups in total. The molecule has 1 amide bonds. The maximum absolute atomic E-state index is 14.0. The summed E-state index contributed by atoms with van der Waals surface area (Å²) in [7, 11) is 1.47. The van der Waals surface area contributed by atoms with Crippen LogP contribution in [0.2, 0.25) is 0 Å². The van der Waals surface area contributed by atoms with Crippen molar-refractivity contribution in [3.63, 3.8) is 0 Å². The molecule has 7 nitrogen and oxygen atoms in total. The van der Waals surface area contributed by atoms with Crippen LogP contribution in [0.3, 0.4) is 0 Å². The van der Waals surface area contributed by atoms with Gasteiger partial charge in [-0.25, -0.2) is 0 Å². The minimum absolute atomic E-state index is 0.0815. The van der Waals surface area contributed by atoms with Crippen molar-refractivity contribution in [1.29, 1.82) is 0 Å². The third-order valence-electron chi connectivity index (χ3n) is 11.4. The highest BCUT2D eigenvalue weighted by molar-refractivity contribution is 6.25. The fourth-order valence-corrected chi connectivity index (χ4v) is 10.1. The number of nitrogens with one attached hydrogen (secondary N) is 1. The van der Waals surface area contributed by atoms with Crippen molar-refractivity contribution in [3.8, 4) is 0 Å². The van der Waals surface area contributed by atoms with E-state index in [0.29, 0.717) is 17.6 Å². The normalized spacial score (nSPS) is 46.4. The molecule has 1 aliphatic heterocycles. The first-order valence-electron chi connectivity index (χ1n) is 13.5. The second-order valence-electron chi connectivity index (χ2n) is 13.0. The highest BCUT2D eigenvalue weighted by Crippen LogP contribution is 2.80. The van der Waals surface area contributed by atoms with Gasteiger partial charge in [0.1, 0.15) is 5.60 Å². The van der Waals surface area contributed by atoms with Gasteiger partial charge < -0.3 is 14.8 Å². The number of epoxide rings is 1. The summed E-state index contributed by atoms with van der Waals surface area (Å²) in [5, 5.41) is 2.62. The number of Topliss-reactive ketones (excluding diaryl/α,β-unsaturated/α-hetero) is 1. The monoisotopic (exact) mass is 495 g/mol. The molecule has 8 atom stereocenters. The van der Waals surface area contributed by atoms with Crippen LogP contribution in [0.25, 0.3) is 0 Å². The van der Waals surface area contributed by atoms with Gasteiger partial charge in [-0.2, -0.15) is 0 Å². The quantitative estimate of drug-likeness (QED) is 0.364. The van der Waals surface area contributed by atoms with Crippen molar-refractivity contribution in [2.45, 2.75) is 84.8 Å². The molecule has 0 unspecified atom stereocenters. The van der Waals surface area contributed by atoms with E-state index in [-0.39, 0.29) is 64.3 Å². The Balaban J connectivity index is 1.53. The zero-order valence-corrected chi connectivity index (χ0v) is 22.2. The number of esters is 1. The molecular formula is C29H37NO6. The summed E-state index contributed by atoms with van der Waals surface area (Å²) >= 11 is 0. The topological polar surface area (TPSA) is 102 Å². The largest absolute Gasteiger partial charge is 0.469 e. The highest BCUT2D eigenvalue weighted by Gasteiger charge is 2.83. The highest BCUT2D eigenvalue weighted by atomic mass is 16.6. The van der Waals surface area contributed by atoms with Crippen molar-refractivity contribution in [2.75, 3.05) is 7.11 Å². The van der Waals surface area contributed by atoms with Gasteiger partial charge >= 0.3 is 5.97 Å². The van der Waals surface area contributed by atoms with Crippen molar-refractivity contribution >= 4 is 23.4 Å². The zero-order valence-electron chi connectivity index (χ0n) is 22.2. The summed E-state index contributed by atoms with van der Waals surface area (Å²) in [6.07, 6.45) is 6.17. The van der Waals surface area contributed by atoms with Crippen LogP contribution in [0.15, 0.2) is 22.9 Å². The standard InChI is InChI=1S/C29H37NO6/c1-14(2)29-16-12-20-26(4)9-7-10-27(5,25(34)35-6)19(26)8-11-28(20,24(29)36-29)22-21(16)18(32)13-17(23(22)33)30-15(3)31/h13-14,16,19-20,24H,7-12H2,1-6H3,(H,30,31)/t16-,19-,20-,24+,26+,27-,28+,29-/m1/s1. The molecular weight excluding hydrogens is 458 g/mol. The van der Waals surface area contributed by atoms with E-state index in [9.17, 15) is 19.2 Å². The lowest BCUT2D eigenvalue weighted by molar-refractivity contribution is -0.185. The fraction of sp³-hybridized carbons (Fsp3) is 0.724. The number of rotatable bonds is 3. The number of carbonyl (C=O) groups is 4. The van der Waals surface area contributed by atoms with Crippen LogP contribution in [0.4, 0.5) is 0 Å². The number of methoxy groups -OCH3 is 1. The average molecular weight is 496 g/mol. The number of allylic oxidation sites excluding steroid dienone is 2. The molecule has 194 valence electrons. The van der Waals surface area contributed by atoms with Crippen LogP contribution >= 0.6 is 0 Å². The van der Waals surface area contributed by atoms with Gasteiger partial charge in [-0.15, -0.1) is 0 Å². The van der Waals surface area contributed by atoms with Gasteiger partial charge in [-0.3, -0.25) is 19.2 Å². The maximum Gasteiger partial charge on any atom is 0.311 e. The molecule has 7 heteroatoms. The van der Waals surface area contributed by atoms with Crippen LogP contribution in [0.1, 0.15) is 73.1 Å². The molecule has 0 aromatic carbocycles. The first-order valence-corrected chi connectivity index (χ1v) is 13.5. The van der Waals surface area contributed by atoms with Crippen molar-refractivity contribution in [1.82, 2.24) is 5.32 Å². The zero-order chi connectivity index (χ0) is 26.0. The molecule has 0 radical (unpaired) electrons. The van der Waals surface area contributed by atoms with Crippen LogP contribution in [-0.4, -0.2) is 42.3 Å². The van der Waals surface area contributed by atoms with E-state index in [2.05, 4.69) is 33.0 Å². The molecule has 36 heavy (non-hydrogen) atoms. The predicted molar refractivity (Wildman–Crippen MR) is 130 cm³/mol. The third-order valence-corrected chi connectivity index (χ3v) is 11.4. The number of ether oxygens (including phenoxy) is 2. The molecule has 1 heterocycles. The van der Waals surface area contributed by atoms with Crippen LogP contribution in [0, 0.1) is 39.9 Å². The average Bonchev–Trinajstić information content (AvgIpc) is 3.60. The van der Waals surface area contributed by atoms with E-state index < -0.39 is 16.4 Å². The van der Waals surface area contributed by atoms with E-state index in [1.807, 2.05) is 0 Å². The molecule has 4 fully saturated rings. The Morgan fingerprint density at radius 2 is 1.86 bits per heavy atom. The second-order valence-corrected chi connectivity index (χ2v) is 13.0. The predicted octanol–water partition coefficient (Wildman–Crippen LogP) is 3.66. The van der Waals surface area contributed by atoms with Crippen LogP contribution < -0.4 is 5.32 Å². The minimum Gasteiger partial charge on any atom is -0.469 e. The fourth-order valence-electron chi connectivity index (χ4n) is 10.1. The number of fused-ring (bicyclic) bond motifs is 1. The van der Waals surface area contributed by atoms with Gasteiger partial charge in [-0.05, 0) is 62.2 Å². The minimum atomic E-state index is -0.585. The molecule has 6 aliphatic carbocycles. The summed E-state index contributed by atoms with van der Waals surface area (Å²) in [4.78, 5) is 52.6. The first kappa shape index (κ1) is 24.1. The first-order chi connectivity index (χ1) is 16.9. The number of ketones is 2. The summed E-state index contributed by atoms with van der Waals surface area (Å²) in [5.74, 6) is -0.594. The summed E-state index contributed by atoms with van der Waals surface area (Å²) < 4.78 is 12.0. The Hall–Kier alpha value is -2.28. The molecule has 0 aromatic heterocycles. The van der Waals surface area contributed by atoms with Crippen molar-refractivity contribution < 1.29 is 28.7 Å². The molecule has 3 saturated carbocycles. The molecule has 7 rings (SSSR count). The third kappa shape index (κ3) is 2.53. The number of amides is 1. The van der Waals surface area contributed by atoms with E-state index in [1.54, 1.807) is 0 Å². The van der Waals surface area contributed by atoms with Crippen LogP contribution in [0.5, 0.6) is 0 Å². The Morgan fingerprint density at radius 3 is 2.50 bits per heavy atom. The molecule has 0 aromatic rings. The lowest BCUT2D eigenvalue weighted by Crippen LogP contribution is -2.67. The van der Waals surface area contributed by atoms with Crippen LogP contribution in [-0.2, 0) is 28.7 Å². The number of hydrogen-bond donors (Lipinski definition) is 1. The SMILES string of the molecule is COC(=O)[C@]1(C)CCC[C@]2(C)[C@H]3C[C@@H]4C5=C(C(=O)C(NC(C)=O)=CC5=O)[C@@]3(CC[C@H]21)[C@@H]1O[C@]41C(C)C. The molecule has 1 saturated heterocycles. The van der Waals surface area contributed by atoms with Gasteiger partial charge in [-0.1, -0.05) is 27.2 Å². The van der Waals surface area contributed by atoms with Gasteiger partial charge in [0, 0.05) is 35.5 Å². The van der Waals surface area contributed by atoms with E-state index in [0.717, 1.165) is 32.1 Å². The van der Waals surface area contributed by atoms with E-state index in [1.165, 1.54) is 20.1 Å². The lowest BCUT2D eigenvalue weighted by Gasteiger charge is -2.67. The smallest absolute Gasteiger partial charge is 0.311 e. The van der Waals surface area contributed by atoms with Gasteiger partial charge in [0.2, 0.25) is 11.7 Å². The van der Waals surface area contributed by atoms with E-state index in [4.69, 9.17) is 9.47 Å². The molecule has 2 bridgehead atoms. The van der Waals surface area contributed by atoms with E-state index >= 15 is 0 Å². The number of hydrogen-bond acceptors (Lipinski definition) is 6. The van der Waals surface area contributed by atoms with Gasteiger partial charge in [0.15, 0.2) is 5.78 Å². The lowest BCUT2D eigenvalue weighted by atomic mass is 9.34. The van der Waals surface area contributed by atoms with Crippen molar-refractivity contribution in [3.05, 3.63) is 22.9 Å². The summed E-state index contributed by atoms with van der Waals surface area (Å²) in [6.45, 7) is 10.0. The Morgan fingerprint density at radius 1 is 1.14 bits per heavy atom. The molecule has 1 spiro atoms. The Bertz CT molecular complexity index is 1180. The molecule has 7 aliphatic rings. The maximum atomic E-state index is 14.0. The van der Waals surface area contributed by atoms with Gasteiger partial charge in [0.25, 0.3) is 0 Å². The number of carbonyl (C=O) groups excluding carboxylic acids is 4.